The van der Waals surface area contributed by atoms with E-state index < -0.39 is 0 Å². The molecule has 0 bridgehead atoms. The van der Waals surface area contributed by atoms with Crippen LogP contribution in [-0.4, -0.2) is 251 Å². The van der Waals surface area contributed by atoms with Crippen LogP contribution in [0.5, 0.6) is 0 Å². The number of aryl methyl sites for hydroxylation is 6. The molecule has 6 aliphatic rings. The topological polar surface area (TPSA) is 304 Å². The Morgan fingerprint density at radius 1 is 0.331 bits per heavy atom. The van der Waals surface area contributed by atoms with Crippen LogP contribution in [0.4, 0.5) is 61.3 Å². The number of fused-ring (bicyclic) bond motifs is 2. The molecule has 30 heteroatoms. The molecule has 8 N–H and O–H groups in total. The number of aromatic nitrogens is 3. The Morgan fingerprint density at radius 3 is 0.887 bits per heavy atom. The first-order valence-electron chi connectivity index (χ1n) is 46.7. The molecule has 6 aromatic carbocycles. The molecule has 8 aromatic rings. The highest BCUT2D eigenvalue weighted by atomic mass is 19.1. The van der Waals surface area contributed by atoms with Crippen molar-refractivity contribution in [3.8, 4) is 0 Å². The number of nitrogens with zero attached hydrogens (tertiary/aromatic N) is 13. The highest BCUT2D eigenvalue weighted by Gasteiger charge is 2.27. The summed E-state index contributed by atoms with van der Waals surface area (Å²) in [6.07, 6.45) is 17.6. The molecule has 0 radical (unpaired) electrons. The number of amides is 8. The van der Waals surface area contributed by atoms with Crippen LogP contribution in [0.3, 0.4) is 0 Å². The molecule has 0 spiro atoms. The first-order valence-corrected chi connectivity index (χ1v) is 46.7. The molecule has 0 unspecified atom stereocenters. The molecule has 2 aliphatic heterocycles. The summed E-state index contributed by atoms with van der Waals surface area (Å²) in [5, 5.41) is 24.5. The highest BCUT2D eigenvalue weighted by molar-refractivity contribution is 5.99. The average Bonchev–Trinajstić information content (AvgIpc) is 1.68. The van der Waals surface area contributed by atoms with Crippen molar-refractivity contribution in [2.45, 2.75) is 120 Å². The van der Waals surface area contributed by atoms with Crippen LogP contribution in [0.25, 0.3) is 0 Å². The summed E-state index contributed by atoms with van der Waals surface area (Å²) in [7, 11) is 22.0. The Hall–Kier alpha value is -11.5. The lowest BCUT2D eigenvalue weighted by Crippen LogP contribution is -2.36. The third-order valence-corrected chi connectivity index (χ3v) is 23.7. The Bertz CT molecular complexity index is 4750. The number of halogens is 1. The standard InChI is InChI=1S/C14H19FN2O.C14H21N3O.C14H20N2O.2C13H19N3O.C12H18N4O.C12H18N2O.C11H16N2O/c1-10-3-6-12(7-13(10)15)17(2)14(18)9-16-8-11-4-5-11;1-4-15-10-14(18)17(3)12-6-5-11-7-8-16(2)13(11)9-12;1-11-3-7-13(8-4-11)16(2)14(17)10-15-9-12-5-6-12;1-14-9-13(17)16(3)11-5-4-10-6-7-15(2)12(10)8-11;1-10-3-6-12(8-15-10)16(2)13(17)9-14-7-11-4-5-11;1-9-14-6-11(7-15-9)16(2)12(17)8-13-5-10-3-4-10;1-4-13-9-12(15)14(3)11-7-5-10(2)6-8-11;1-9-4-6-10(7-5-9)13(3)11(14)8-12-2/h3,6-7,11,16H,4-5,8-9H2,1-2H3;5-6,9,15H,4,7-8,10H2,1-3H3;3-4,7-8,12,15H,5-6,9-10H2,1-2H3;4-5,8,14H,6-7,9H2,1-3H3;3,6,8,11,14H,4-5,7,9H2,1-2H3;6-7,10,13H,3-5,8H2,1-2H3;5-8,13H,4,9H2,1-3H3;4-7,12H,8H2,1-3H3. The minimum absolute atomic E-state index is 0.0399. The van der Waals surface area contributed by atoms with Crippen LogP contribution in [0, 0.1) is 71.0 Å². The zero-order valence-corrected chi connectivity index (χ0v) is 82.7. The quantitative estimate of drug-likeness (QED) is 0.0186. The lowest BCUT2D eigenvalue weighted by atomic mass is 10.1. The maximum Gasteiger partial charge on any atom is 0.240 e. The van der Waals surface area contributed by atoms with Crippen molar-refractivity contribution in [3.05, 3.63) is 209 Å². The van der Waals surface area contributed by atoms with E-state index in [0.717, 1.165) is 134 Å². The zero-order chi connectivity index (χ0) is 97.2. The van der Waals surface area contributed by atoms with E-state index in [0.29, 0.717) is 69.4 Å². The molecule has 29 nitrogen and oxygen atoms in total. The second kappa shape index (κ2) is 56.5. The van der Waals surface area contributed by atoms with Crippen molar-refractivity contribution < 1.29 is 42.7 Å². The SMILES string of the molecule is CCNCC(=O)N(C)c1ccc(C)cc1.CCNCC(=O)N(C)c1ccc2c(c1)N(C)CC2.CNCC(=O)N(C)c1ccc(C)cc1.CNCC(=O)N(C)c1ccc2c(c1)N(C)CC2.Cc1ccc(N(C)C(=O)CNCC2CC2)cc1.Cc1ccc(N(C)C(=O)CNCC2CC2)cc1F.Cc1ccc(N(C)C(=O)CNCC2CC2)cn1.Cc1ncc(N(C)C(=O)CNCC2CC2)cn1. The van der Waals surface area contributed by atoms with Gasteiger partial charge in [-0.1, -0.05) is 85.1 Å². The predicted octanol–water partition coefficient (Wildman–Crippen LogP) is 11.0. The van der Waals surface area contributed by atoms with Crippen LogP contribution >= 0.6 is 0 Å². The number of anilines is 10. The third-order valence-electron chi connectivity index (χ3n) is 23.7. The molecule has 0 saturated heterocycles. The molecule has 4 saturated carbocycles. The van der Waals surface area contributed by atoms with Crippen molar-refractivity contribution in [2.75, 3.05) is 238 Å². The first-order chi connectivity index (χ1) is 63.6. The highest BCUT2D eigenvalue weighted by Crippen LogP contribution is 2.34. The predicted molar refractivity (Wildman–Crippen MR) is 542 cm³/mol. The van der Waals surface area contributed by atoms with Crippen molar-refractivity contribution in [3.63, 3.8) is 0 Å². The van der Waals surface area contributed by atoms with Crippen LogP contribution in [0.2, 0.25) is 0 Å². The van der Waals surface area contributed by atoms with Gasteiger partial charge in [0.25, 0.3) is 0 Å². The molecular formula is C103H150FN21O8. The zero-order valence-electron chi connectivity index (χ0n) is 82.7. The molecule has 4 aliphatic carbocycles. The van der Waals surface area contributed by atoms with Crippen LogP contribution < -0.4 is 91.5 Å². The lowest BCUT2D eigenvalue weighted by molar-refractivity contribution is -0.118. The first kappa shape index (κ1) is 109. The summed E-state index contributed by atoms with van der Waals surface area (Å²) in [5.41, 5.74) is 17.3. The van der Waals surface area contributed by atoms with Gasteiger partial charge < -0.3 is 91.5 Å². The van der Waals surface area contributed by atoms with Gasteiger partial charge in [0.15, 0.2) is 0 Å². The van der Waals surface area contributed by atoms with E-state index in [-0.39, 0.29) is 53.1 Å². The number of hydrogen-bond donors (Lipinski definition) is 8. The number of carbonyl (C=O) groups excluding carboxylic acids is 8. The van der Waals surface area contributed by atoms with E-state index in [1.54, 1.807) is 121 Å². The lowest BCUT2D eigenvalue weighted by Gasteiger charge is -2.20. The number of rotatable bonds is 34. The van der Waals surface area contributed by atoms with Crippen LogP contribution in [0.1, 0.15) is 110 Å². The molecular weight excluding hydrogens is 1680 g/mol. The maximum atomic E-state index is 13.4. The molecule has 8 amide bonds. The Balaban J connectivity index is 0.000000208. The monoisotopic (exact) mass is 1830 g/mol. The van der Waals surface area contributed by atoms with Gasteiger partial charge in [-0.2, -0.15) is 0 Å². The molecule has 4 fully saturated rings. The molecule has 2 aromatic heterocycles. The van der Waals surface area contributed by atoms with Gasteiger partial charge in [-0.3, -0.25) is 43.3 Å². The van der Waals surface area contributed by atoms with Gasteiger partial charge in [0, 0.05) is 135 Å². The van der Waals surface area contributed by atoms with Gasteiger partial charge in [0.05, 0.1) is 82.3 Å². The fraction of sp³-hybridized carbons (Fsp3) is 0.485. The number of carbonyl (C=O) groups is 8. The normalized spacial score (nSPS) is 13.4. The number of nitrogens with one attached hydrogen (secondary N) is 8. The smallest absolute Gasteiger partial charge is 0.240 e. The number of likely N-dealkylation sites (N-methyl/N-ethyl adjacent to an activating group) is 14. The van der Waals surface area contributed by atoms with Crippen LogP contribution in [0.15, 0.2) is 158 Å². The Kier molecular flexibility index (Phi) is 46.1. The van der Waals surface area contributed by atoms with Crippen molar-refractivity contribution in [2.24, 2.45) is 23.7 Å². The maximum absolute atomic E-state index is 13.4. The van der Waals surface area contributed by atoms with Gasteiger partial charge in [0.2, 0.25) is 47.3 Å². The third kappa shape index (κ3) is 38.6. The number of pyridine rings is 1. The van der Waals surface area contributed by atoms with E-state index in [2.05, 4.69) is 106 Å². The van der Waals surface area contributed by atoms with Crippen LogP contribution in [-0.2, 0) is 51.2 Å². The second-order valence-corrected chi connectivity index (χ2v) is 35.1. The molecule has 4 heterocycles. The molecule has 0 atom stereocenters. The molecule has 133 heavy (non-hydrogen) atoms. The van der Waals surface area contributed by atoms with E-state index >= 15 is 0 Å². The fourth-order valence-corrected chi connectivity index (χ4v) is 13.5. The van der Waals surface area contributed by atoms with Gasteiger partial charge in [-0.15, -0.1) is 0 Å². The minimum atomic E-state index is -0.280. The summed E-state index contributed by atoms with van der Waals surface area (Å²) in [6, 6.07) is 45.0. The van der Waals surface area contributed by atoms with Gasteiger partial charge in [0.1, 0.15) is 11.6 Å². The summed E-state index contributed by atoms with van der Waals surface area (Å²) in [4.78, 5) is 124. The Labute approximate surface area is 790 Å². The minimum Gasteiger partial charge on any atom is -0.374 e. The number of hydrogen-bond acceptors (Lipinski definition) is 21. The van der Waals surface area contributed by atoms with E-state index in [1.807, 2.05) is 167 Å². The van der Waals surface area contributed by atoms with E-state index in [1.165, 1.54) is 102 Å². The van der Waals surface area contributed by atoms with Crippen molar-refractivity contribution in [1.82, 2.24) is 57.5 Å². The van der Waals surface area contributed by atoms with E-state index in [4.69, 9.17) is 0 Å². The van der Waals surface area contributed by atoms with Gasteiger partial charge in [-0.25, -0.2) is 14.4 Å². The van der Waals surface area contributed by atoms with Gasteiger partial charge >= 0.3 is 0 Å². The summed E-state index contributed by atoms with van der Waals surface area (Å²) in [6.45, 7) is 26.1. The largest absolute Gasteiger partial charge is 0.374 e. The van der Waals surface area contributed by atoms with Gasteiger partial charge in [-0.05, 0) is 284 Å². The van der Waals surface area contributed by atoms with E-state index in [9.17, 15) is 42.7 Å². The summed E-state index contributed by atoms with van der Waals surface area (Å²) in [5.74, 6) is 4.10. The Morgan fingerprint density at radius 2 is 0.594 bits per heavy atom. The fourth-order valence-electron chi connectivity index (χ4n) is 13.5. The molecule has 722 valence electrons. The summed E-state index contributed by atoms with van der Waals surface area (Å²) >= 11 is 0. The second-order valence-electron chi connectivity index (χ2n) is 35.1. The van der Waals surface area contributed by atoms with Crippen molar-refractivity contribution in [1.29, 1.82) is 0 Å². The molecule has 14 rings (SSSR count). The van der Waals surface area contributed by atoms with Crippen molar-refractivity contribution >= 4 is 104 Å². The number of benzene rings is 6. The summed E-state index contributed by atoms with van der Waals surface area (Å²) < 4.78 is 13.4. The average molecular weight is 1830 g/mol.